The Morgan fingerprint density at radius 1 is 1.53 bits per heavy atom. The number of carbonyl (C=O) groups is 1. The quantitative estimate of drug-likeness (QED) is 0.219. The molecule has 0 bridgehead atoms. The van der Waals surface area contributed by atoms with Crippen molar-refractivity contribution in [2.45, 2.75) is 13.0 Å². The molecule has 1 heterocycles. The minimum Gasteiger partial charge on any atom is -0.461 e. The van der Waals surface area contributed by atoms with Crippen molar-refractivity contribution in [3.05, 3.63) is 24.8 Å². The summed E-state index contributed by atoms with van der Waals surface area (Å²) in [5, 5.41) is 0. The van der Waals surface area contributed by atoms with Crippen LogP contribution in [0.5, 0.6) is 0 Å². The standard InChI is InChI=1S/C8H15NO2.C6H10O2/c1-7(2)8(10)11-6-5-9(3)4;1-2-3-7-4-6-5-8-6/h1,5-6H2,2-4H3;2,6H,1,3-5H2. The Morgan fingerprint density at radius 3 is 2.58 bits per heavy atom. The highest BCUT2D eigenvalue weighted by atomic mass is 16.6. The average Bonchev–Trinajstić information content (AvgIpc) is 3.13. The van der Waals surface area contributed by atoms with E-state index >= 15 is 0 Å². The van der Waals surface area contributed by atoms with Gasteiger partial charge in [0.05, 0.1) is 19.8 Å². The summed E-state index contributed by atoms with van der Waals surface area (Å²) in [7, 11) is 3.85. The van der Waals surface area contributed by atoms with Crippen molar-refractivity contribution in [3.8, 4) is 0 Å². The van der Waals surface area contributed by atoms with E-state index in [9.17, 15) is 4.79 Å². The summed E-state index contributed by atoms with van der Waals surface area (Å²) < 4.78 is 14.8. The van der Waals surface area contributed by atoms with Gasteiger partial charge >= 0.3 is 5.97 Å². The first kappa shape index (κ1) is 17.8. The fraction of sp³-hybridized carbons (Fsp3) is 0.643. The first-order valence-electron chi connectivity index (χ1n) is 6.25. The summed E-state index contributed by atoms with van der Waals surface area (Å²) in [6.07, 6.45) is 2.12. The summed E-state index contributed by atoms with van der Waals surface area (Å²) in [5.41, 5.74) is 0.448. The Morgan fingerprint density at radius 2 is 2.16 bits per heavy atom. The maximum Gasteiger partial charge on any atom is 0.333 e. The zero-order valence-electron chi connectivity index (χ0n) is 12.2. The van der Waals surface area contributed by atoms with E-state index in [1.54, 1.807) is 13.0 Å². The molecule has 0 saturated carbocycles. The van der Waals surface area contributed by atoms with Crippen LogP contribution in [0.15, 0.2) is 24.8 Å². The lowest BCUT2D eigenvalue weighted by molar-refractivity contribution is -0.139. The van der Waals surface area contributed by atoms with Crippen LogP contribution in [-0.2, 0) is 19.0 Å². The van der Waals surface area contributed by atoms with E-state index in [1.165, 1.54) is 0 Å². The third-order valence-corrected chi connectivity index (χ3v) is 2.06. The molecule has 1 unspecified atom stereocenters. The minimum atomic E-state index is -0.313. The van der Waals surface area contributed by atoms with E-state index in [1.807, 2.05) is 19.0 Å². The first-order chi connectivity index (χ1) is 8.97. The fourth-order valence-electron chi connectivity index (χ4n) is 0.891. The summed E-state index contributed by atoms with van der Waals surface area (Å²) in [6, 6.07) is 0. The third-order valence-electron chi connectivity index (χ3n) is 2.06. The van der Waals surface area contributed by atoms with Crippen molar-refractivity contribution < 1.29 is 19.0 Å². The van der Waals surface area contributed by atoms with Crippen LogP contribution in [0.4, 0.5) is 0 Å². The smallest absolute Gasteiger partial charge is 0.333 e. The molecule has 0 aromatic heterocycles. The van der Waals surface area contributed by atoms with Gasteiger partial charge in [-0.1, -0.05) is 12.7 Å². The van der Waals surface area contributed by atoms with Crippen LogP contribution in [0.3, 0.4) is 0 Å². The molecule has 110 valence electrons. The zero-order chi connectivity index (χ0) is 14.7. The SMILES string of the molecule is C=C(C)C(=O)OCCN(C)C.C=CCOCC1CO1. The van der Waals surface area contributed by atoms with Crippen molar-refractivity contribution in [2.24, 2.45) is 0 Å². The highest BCUT2D eigenvalue weighted by molar-refractivity contribution is 5.86. The van der Waals surface area contributed by atoms with Crippen molar-refractivity contribution in [1.29, 1.82) is 0 Å². The molecule has 0 spiro atoms. The fourth-order valence-corrected chi connectivity index (χ4v) is 0.891. The van der Waals surface area contributed by atoms with Crippen LogP contribution in [0, 0.1) is 0 Å². The molecule has 0 amide bonds. The lowest BCUT2D eigenvalue weighted by Crippen LogP contribution is -2.20. The molecule has 1 fully saturated rings. The number of esters is 1. The van der Waals surface area contributed by atoms with Crippen LogP contribution < -0.4 is 0 Å². The number of epoxide rings is 1. The van der Waals surface area contributed by atoms with Gasteiger partial charge in [-0.15, -0.1) is 6.58 Å². The Labute approximate surface area is 115 Å². The number of carbonyl (C=O) groups excluding carboxylic acids is 1. The first-order valence-corrected chi connectivity index (χ1v) is 6.25. The van der Waals surface area contributed by atoms with E-state index < -0.39 is 0 Å². The predicted octanol–water partition coefficient (Wildman–Crippen LogP) is 1.26. The largest absolute Gasteiger partial charge is 0.461 e. The number of rotatable bonds is 8. The number of hydrogen-bond acceptors (Lipinski definition) is 5. The molecule has 19 heavy (non-hydrogen) atoms. The molecule has 5 heteroatoms. The van der Waals surface area contributed by atoms with Crippen LogP contribution in [0.1, 0.15) is 6.92 Å². The maximum atomic E-state index is 10.8. The normalized spacial score (nSPS) is 16.3. The van der Waals surface area contributed by atoms with Gasteiger partial charge in [-0.05, 0) is 21.0 Å². The lowest BCUT2D eigenvalue weighted by atomic mass is 10.4. The third kappa shape index (κ3) is 13.1. The Kier molecular flexibility index (Phi) is 10.1. The summed E-state index contributed by atoms with van der Waals surface area (Å²) >= 11 is 0. The van der Waals surface area contributed by atoms with Gasteiger partial charge < -0.3 is 19.1 Å². The molecule has 0 N–H and O–H groups in total. The molecule has 5 nitrogen and oxygen atoms in total. The maximum absolute atomic E-state index is 10.8. The predicted molar refractivity (Wildman–Crippen MR) is 75.1 cm³/mol. The Hall–Kier alpha value is -1.17. The molecule has 1 rings (SSSR count). The van der Waals surface area contributed by atoms with Crippen LogP contribution >= 0.6 is 0 Å². The molecular weight excluding hydrogens is 246 g/mol. The zero-order valence-corrected chi connectivity index (χ0v) is 12.2. The van der Waals surface area contributed by atoms with Gasteiger partial charge in [-0.3, -0.25) is 0 Å². The molecule has 1 atom stereocenters. The van der Waals surface area contributed by atoms with Gasteiger partial charge in [0.25, 0.3) is 0 Å². The Bertz CT molecular complexity index is 285. The molecule has 0 aliphatic carbocycles. The van der Waals surface area contributed by atoms with E-state index in [-0.39, 0.29) is 5.97 Å². The van der Waals surface area contributed by atoms with E-state index in [4.69, 9.17) is 14.2 Å². The van der Waals surface area contributed by atoms with Gasteiger partial charge in [0.2, 0.25) is 0 Å². The van der Waals surface area contributed by atoms with Gasteiger partial charge in [-0.2, -0.15) is 0 Å². The number of ether oxygens (including phenoxy) is 3. The molecule has 1 saturated heterocycles. The summed E-state index contributed by atoms with van der Waals surface area (Å²) in [5.74, 6) is -0.313. The number of hydrogen-bond donors (Lipinski definition) is 0. The van der Waals surface area contributed by atoms with Crippen LogP contribution in [0.2, 0.25) is 0 Å². The second-order valence-corrected chi connectivity index (χ2v) is 4.50. The highest BCUT2D eigenvalue weighted by Crippen LogP contribution is 2.07. The van der Waals surface area contributed by atoms with Crippen molar-refractivity contribution >= 4 is 5.97 Å². The second-order valence-electron chi connectivity index (χ2n) is 4.50. The monoisotopic (exact) mass is 271 g/mol. The van der Waals surface area contributed by atoms with E-state index in [2.05, 4.69) is 13.2 Å². The molecular formula is C14H25NO4. The topological polar surface area (TPSA) is 51.3 Å². The number of likely N-dealkylation sites (N-methyl/N-ethyl adjacent to an activating group) is 1. The van der Waals surface area contributed by atoms with Crippen molar-refractivity contribution in [2.75, 3.05) is 47.1 Å². The number of nitrogens with zero attached hydrogens (tertiary/aromatic N) is 1. The van der Waals surface area contributed by atoms with E-state index in [0.717, 1.165) is 19.8 Å². The molecule has 0 aromatic carbocycles. The lowest BCUT2D eigenvalue weighted by Gasteiger charge is -2.09. The van der Waals surface area contributed by atoms with Crippen LogP contribution in [-0.4, -0.2) is 64.0 Å². The molecule has 0 radical (unpaired) electrons. The summed E-state index contributed by atoms with van der Waals surface area (Å²) in [4.78, 5) is 12.7. The minimum absolute atomic E-state index is 0.313. The average molecular weight is 271 g/mol. The van der Waals surface area contributed by atoms with Gasteiger partial charge in [0.1, 0.15) is 12.7 Å². The summed E-state index contributed by atoms with van der Waals surface area (Å²) in [6.45, 7) is 12.0. The molecule has 1 aliphatic heterocycles. The van der Waals surface area contributed by atoms with Crippen LogP contribution in [0.25, 0.3) is 0 Å². The van der Waals surface area contributed by atoms with Crippen molar-refractivity contribution in [3.63, 3.8) is 0 Å². The molecule has 1 aliphatic rings. The molecule has 0 aromatic rings. The van der Waals surface area contributed by atoms with Gasteiger partial charge in [-0.25, -0.2) is 4.79 Å². The van der Waals surface area contributed by atoms with E-state index in [0.29, 0.717) is 24.9 Å². The Balaban J connectivity index is 0.000000356. The highest BCUT2D eigenvalue weighted by Gasteiger charge is 2.21. The van der Waals surface area contributed by atoms with Gasteiger partial charge in [0.15, 0.2) is 0 Å². The van der Waals surface area contributed by atoms with Gasteiger partial charge in [0, 0.05) is 12.1 Å². The van der Waals surface area contributed by atoms with Crippen molar-refractivity contribution in [1.82, 2.24) is 4.90 Å². The second kappa shape index (κ2) is 10.7.